The molecule has 0 heterocycles. The molecule has 0 aromatic rings. The van der Waals surface area contributed by atoms with Crippen molar-refractivity contribution >= 4 is 0 Å². The third-order valence-corrected chi connectivity index (χ3v) is 5.69. The first-order valence-electron chi connectivity index (χ1n) is 6.86. The van der Waals surface area contributed by atoms with Gasteiger partial charge in [-0.1, -0.05) is 73.6 Å². The first kappa shape index (κ1) is 10.4. The van der Waals surface area contributed by atoms with E-state index in [0.29, 0.717) is 0 Å². The van der Waals surface area contributed by atoms with Crippen molar-refractivity contribution in [2.24, 2.45) is 10.8 Å². The Labute approximate surface area is 109 Å². The van der Waals surface area contributed by atoms with Crippen LogP contribution in [0.3, 0.4) is 0 Å². The highest BCUT2D eigenvalue weighted by Gasteiger charge is 2.56. The summed E-state index contributed by atoms with van der Waals surface area (Å²) >= 11 is 0. The summed E-state index contributed by atoms with van der Waals surface area (Å²) in [4.78, 5) is 0. The molecule has 0 aromatic carbocycles. The summed E-state index contributed by atoms with van der Waals surface area (Å²) < 4.78 is 0. The maximum absolute atomic E-state index is 2.44. The molecule has 0 nitrogen and oxygen atoms in total. The molecule has 0 N–H and O–H groups in total. The Hall–Kier alpha value is -1.56. The smallest absolute Gasteiger partial charge is 0.0268 e. The van der Waals surface area contributed by atoms with Crippen LogP contribution in [0.2, 0.25) is 0 Å². The number of hydrogen-bond donors (Lipinski definition) is 0. The third kappa shape index (κ3) is 0.913. The second kappa shape index (κ2) is 3.06. The van der Waals surface area contributed by atoms with Crippen LogP contribution >= 0.6 is 0 Å². The van der Waals surface area contributed by atoms with Gasteiger partial charge in [-0.05, 0) is 24.0 Å². The van der Waals surface area contributed by atoms with Crippen molar-refractivity contribution in [1.82, 2.24) is 0 Å². The molecule has 0 bridgehead atoms. The van der Waals surface area contributed by atoms with Crippen molar-refractivity contribution < 1.29 is 0 Å². The summed E-state index contributed by atoms with van der Waals surface area (Å²) in [5.74, 6) is 0. The van der Waals surface area contributed by atoms with Crippen LogP contribution in [0.4, 0.5) is 0 Å². The number of allylic oxidation sites excluding steroid dienone is 12. The van der Waals surface area contributed by atoms with Crippen molar-refractivity contribution in [3.8, 4) is 0 Å². The van der Waals surface area contributed by atoms with Gasteiger partial charge >= 0.3 is 0 Å². The van der Waals surface area contributed by atoms with Crippen LogP contribution in [0.25, 0.3) is 0 Å². The molecule has 4 aliphatic carbocycles. The highest BCUT2D eigenvalue weighted by Crippen LogP contribution is 2.66. The van der Waals surface area contributed by atoms with E-state index in [1.165, 1.54) is 24.0 Å². The quantitative estimate of drug-likeness (QED) is 0.572. The van der Waals surface area contributed by atoms with Gasteiger partial charge in [0.15, 0.2) is 0 Å². The van der Waals surface area contributed by atoms with Gasteiger partial charge in [0.25, 0.3) is 0 Å². The summed E-state index contributed by atoms with van der Waals surface area (Å²) in [7, 11) is 0. The lowest BCUT2D eigenvalue weighted by Gasteiger charge is -2.57. The molecular weight excluding hydrogens is 216 g/mol. The SMILES string of the molecule is CC12C3=CC=C4C=CC=C(CCC1=CC=C3)C42C. The lowest BCUT2D eigenvalue weighted by Crippen LogP contribution is -2.48. The minimum atomic E-state index is 0.167. The van der Waals surface area contributed by atoms with Gasteiger partial charge in [-0.15, -0.1) is 0 Å². The van der Waals surface area contributed by atoms with E-state index in [1.807, 2.05) is 0 Å². The molecule has 2 atom stereocenters. The fraction of sp³-hybridized carbons (Fsp3) is 0.333. The van der Waals surface area contributed by atoms with E-state index in [0.717, 1.165) is 0 Å². The van der Waals surface area contributed by atoms with Gasteiger partial charge in [0.05, 0.1) is 0 Å². The number of rotatable bonds is 0. The molecule has 90 valence electrons. The minimum absolute atomic E-state index is 0.167. The number of hydrogen-bond acceptors (Lipinski definition) is 0. The van der Waals surface area contributed by atoms with Crippen molar-refractivity contribution in [2.45, 2.75) is 26.7 Å². The van der Waals surface area contributed by atoms with Crippen LogP contribution in [0.1, 0.15) is 26.7 Å². The molecule has 0 aromatic heterocycles. The molecule has 1 saturated carbocycles. The van der Waals surface area contributed by atoms with Gasteiger partial charge in [-0.25, -0.2) is 0 Å². The van der Waals surface area contributed by atoms with Gasteiger partial charge < -0.3 is 0 Å². The average Bonchev–Trinajstić information content (AvgIpc) is 2.37. The minimum Gasteiger partial charge on any atom is -0.0621 e. The second-order valence-electron chi connectivity index (χ2n) is 6.10. The molecule has 1 fully saturated rings. The van der Waals surface area contributed by atoms with E-state index in [1.54, 1.807) is 11.1 Å². The lowest BCUT2D eigenvalue weighted by atomic mass is 9.45. The van der Waals surface area contributed by atoms with Crippen LogP contribution in [-0.2, 0) is 0 Å². The van der Waals surface area contributed by atoms with Crippen LogP contribution < -0.4 is 0 Å². The summed E-state index contributed by atoms with van der Waals surface area (Å²) in [5, 5.41) is 0. The van der Waals surface area contributed by atoms with E-state index in [2.05, 4.69) is 62.5 Å². The van der Waals surface area contributed by atoms with E-state index in [9.17, 15) is 0 Å². The third-order valence-electron chi connectivity index (χ3n) is 5.69. The highest BCUT2D eigenvalue weighted by molar-refractivity contribution is 5.61. The Morgan fingerprint density at radius 3 is 1.61 bits per heavy atom. The standard InChI is InChI=1S/C18H18/c1-17-13-5-3-6-14(17)10-12-16-8-4-7-15(11-9-13)18(16,17)2/h3-9,11H,10,12H2,1-2H3. The van der Waals surface area contributed by atoms with E-state index in [-0.39, 0.29) is 10.8 Å². The molecular formula is C18H18. The summed E-state index contributed by atoms with van der Waals surface area (Å²) in [6.07, 6.45) is 20.8. The van der Waals surface area contributed by atoms with Crippen molar-refractivity contribution in [1.29, 1.82) is 0 Å². The van der Waals surface area contributed by atoms with Gasteiger partial charge in [-0.2, -0.15) is 0 Å². The molecule has 4 rings (SSSR count). The zero-order valence-electron chi connectivity index (χ0n) is 11.0. The van der Waals surface area contributed by atoms with Gasteiger partial charge in [-0.3, -0.25) is 0 Å². The molecule has 0 spiro atoms. The first-order valence-corrected chi connectivity index (χ1v) is 6.86. The van der Waals surface area contributed by atoms with Gasteiger partial charge in [0.2, 0.25) is 0 Å². The Morgan fingerprint density at radius 2 is 1.17 bits per heavy atom. The summed E-state index contributed by atoms with van der Waals surface area (Å²) in [6.45, 7) is 4.88. The summed E-state index contributed by atoms with van der Waals surface area (Å²) in [6, 6.07) is 0. The van der Waals surface area contributed by atoms with Gasteiger partial charge in [0.1, 0.15) is 0 Å². The second-order valence-corrected chi connectivity index (χ2v) is 6.10. The molecule has 0 saturated heterocycles. The average molecular weight is 234 g/mol. The Balaban J connectivity index is 2.09. The normalized spacial score (nSPS) is 39.4. The predicted octanol–water partition coefficient (Wildman–Crippen LogP) is 4.65. The van der Waals surface area contributed by atoms with Crippen molar-refractivity contribution in [3.05, 3.63) is 70.9 Å². The lowest BCUT2D eigenvalue weighted by molar-refractivity contribution is 0.210. The van der Waals surface area contributed by atoms with Crippen LogP contribution in [0.15, 0.2) is 70.9 Å². The van der Waals surface area contributed by atoms with Gasteiger partial charge in [0, 0.05) is 10.8 Å². The molecule has 4 aliphatic rings. The fourth-order valence-electron chi connectivity index (χ4n) is 4.35. The summed E-state index contributed by atoms with van der Waals surface area (Å²) in [5.41, 5.74) is 6.51. The molecule has 18 heavy (non-hydrogen) atoms. The highest BCUT2D eigenvalue weighted by atomic mass is 14.6. The maximum Gasteiger partial charge on any atom is 0.0268 e. The Morgan fingerprint density at radius 1 is 0.722 bits per heavy atom. The first-order chi connectivity index (χ1) is 8.67. The van der Waals surface area contributed by atoms with E-state index >= 15 is 0 Å². The maximum atomic E-state index is 2.44. The molecule has 0 heteroatoms. The molecule has 0 aliphatic heterocycles. The molecule has 0 radical (unpaired) electrons. The van der Waals surface area contributed by atoms with Crippen LogP contribution in [-0.4, -0.2) is 0 Å². The molecule has 0 amide bonds. The van der Waals surface area contributed by atoms with E-state index < -0.39 is 0 Å². The molecule has 2 unspecified atom stereocenters. The van der Waals surface area contributed by atoms with Crippen LogP contribution in [0.5, 0.6) is 0 Å². The zero-order chi connectivity index (χ0) is 12.4. The monoisotopic (exact) mass is 234 g/mol. The fourth-order valence-corrected chi connectivity index (χ4v) is 4.35. The topological polar surface area (TPSA) is 0 Å². The zero-order valence-corrected chi connectivity index (χ0v) is 11.0. The van der Waals surface area contributed by atoms with E-state index in [4.69, 9.17) is 0 Å². The van der Waals surface area contributed by atoms with Crippen molar-refractivity contribution in [2.75, 3.05) is 0 Å². The van der Waals surface area contributed by atoms with Crippen LogP contribution in [0, 0.1) is 10.8 Å². The van der Waals surface area contributed by atoms with Crippen molar-refractivity contribution in [3.63, 3.8) is 0 Å². The Kier molecular flexibility index (Phi) is 1.76. The Bertz CT molecular complexity index is 562. The predicted molar refractivity (Wildman–Crippen MR) is 76.1 cm³/mol. The largest absolute Gasteiger partial charge is 0.0621 e.